The minimum Gasteiger partial charge on any atom is -0.465 e. The number of hydrazine groups is 1. The lowest BCUT2D eigenvalue weighted by molar-refractivity contribution is 0.0105. The third-order valence-corrected chi connectivity index (χ3v) is 3.72. The van der Waals surface area contributed by atoms with E-state index in [4.69, 9.17) is 4.74 Å². The fourth-order valence-electron chi connectivity index (χ4n) is 1.85. The third kappa shape index (κ3) is 4.01. The van der Waals surface area contributed by atoms with Crippen molar-refractivity contribution in [2.24, 2.45) is 0 Å². The van der Waals surface area contributed by atoms with E-state index in [9.17, 15) is 4.79 Å². The van der Waals surface area contributed by atoms with Crippen molar-refractivity contribution in [2.45, 2.75) is 6.54 Å². The van der Waals surface area contributed by atoms with Gasteiger partial charge in [0.15, 0.2) is 0 Å². The van der Waals surface area contributed by atoms with Crippen LogP contribution in [-0.4, -0.2) is 44.4 Å². The Bertz CT molecular complexity index is 448. The Kier molecular flexibility index (Phi) is 5.33. The van der Waals surface area contributed by atoms with Crippen molar-refractivity contribution in [3.8, 4) is 0 Å². The number of hydrogen-bond donors (Lipinski definition) is 1. The number of morpholine rings is 1. The molecule has 1 saturated heterocycles. The van der Waals surface area contributed by atoms with Crippen molar-refractivity contribution in [3.05, 3.63) is 33.8 Å². The van der Waals surface area contributed by atoms with Crippen LogP contribution in [0.4, 0.5) is 0 Å². The van der Waals surface area contributed by atoms with Crippen LogP contribution in [0.25, 0.3) is 0 Å². The van der Waals surface area contributed by atoms with Crippen LogP contribution >= 0.6 is 15.9 Å². The summed E-state index contributed by atoms with van der Waals surface area (Å²) in [6.45, 7) is 4.00. The highest BCUT2D eigenvalue weighted by molar-refractivity contribution is 9.10. The van der Waals surface area contributed by atoms with Gasteiger partial charge < -0.3 is 9.47 Å². The predicted molar refractivity (Wildman–Crippen MR) is 74.7 cm³/mol. The average Bonchev–Trinajstić information content (AvgIpc) is 2.46. The van der Waals surface area contributed by atoms with Gasteiger partial charge in [-0.3, -0.25) is 5.43 Å². The standard InChI is InChI=1S/C13H17BrN2O3/c1-18-13(17)10-2-3-11(12(14)8-10)9-15-16-4-6-19-7-5-16/h2-3,8,15H,4-7,9H2,1H3. The van der Waals surface area contributed by atoms with Crippen LogP contribution in [0, 0.1) is 0 Å². The number of methoxy groups -OCH3 is 1. The molecule has 1 aliphatic rings. The molecule has 0 spiro atoms. The van der Waals surface area contributed by atoms with Gasteiger partial charge in [-0.2, -0.15) is 0 Å². The second-order valence-electron chi connectivity index (χ2n) is 4.23. The van der Waals surface area contributed by atoms with Gasteiger partial charge in [-0.15, -0.1) is 0 Å². The van der Waals surface area contributed by atoms with E-state index in [0.717, 1.165) is 36.3 Å². The summed E-state index contributed by atoms with van der Waals surface area (Å²) in [5, 5.41) is 2.14. The third-order valence-electron chi connectivity index (χ3n) is 2.98. The lowest BCUT2D eigenvalue weighted by Gasteiger charge is -2.27. The van der Waals surface area contributed by atoms with Crippen LogP contribution < -0.4 is 5.43 Å². The molecular weight excluding hydrogens is 312 g/mol. The largest absolute Gasteiger partial charge is 0.465 e. The number of benzene rings is 1. The molecule has 0 unspecified atom stereocenters. The molecule has 1 fully saturated rings. The van der Waals surface area contributed by atoms with E-state index in [0.29, 0.717) is 12.1 Å². The van der Waals surface area contributed by atoms with E-state index in [-0.39, 0.29) is 5.97 Å². The summed E-state index contributed by atoms with van der Waals surface area (Å²) >= 11 is 3.48. The van der Waals surface area contributed by atoms with Gasteiger partial charge in [-0.25, -0.2) is 9.80 Å². The number of halogens is 1. The molecule has 0 saturated carbocycles. The maximum absolute atomic E-state index is 11.4. The summed E-state index contributed by atoms with van der Waals surface area (Å²) in [6.07, 6.45) is 0. The summed E-state index contributed by atoms with van der Waals surface area (Å²) in [4.78, 5) is 11.4. The molecule has 19 heavy (non-hydrogen) atoms. The van der Waals surface area contributed by atoms with Gasteiger partial charge >= 0.3 is 5.97 Å². The summed E-state index contributed by atoms with van der Waals surface area (Å²) in [5.41, 5.74) is 4.99. The molecule has 1 aliphatic heterocycles. The summed E-state index contributed by atoms with van der Waals surface area (Å²) < 4.78 is 10.9. The van der Waals surface area contributed by atoms with E-state index in [1.54, 1.807) is 12.1 Å². The van der Waals surface area contributed by atoms with Crippen molar-refractivity contribution in [1.82, 2.24) is 10.4 Å². The Morgan fingerprint density at radius 3 is 2.84 bits per heavy atom. The first-order chi connectivity index (χ1) is 9.20. The lowest BCUT2D eigenvalue weighted by Crippen LogP contribution is -2.45. The van der Waals surface area contributed by atoms with Crippen LogP contribution in [0.2, 0.25) is 0 Å². The highest BCUT2D eigenvalue weighted by atomic mass is 79.9. The Morgan fingerprint density at radius 1 is 1.47 bits per heavy atom. The number of rotatable bonds is 4. The number of esters is 1. The van der Waals surface area contributed by atoms with E-state index in [1.807, 2.05) is 6.07 Å². The maximum atomic E-state index is 11.4. The molecule has 0 amide bonds. The first kappa shape index (κ1) is 14.5. The van der Waals surface area contributed by atoms with Crippen LogP contribution in [0.5, 0.6) is 0 Å². The summed E-state index contributed by atoms with van der Waals surface area (Å²) in [6, 6.07) is 5.47. The molecule has 0 bridgehead atoms. The Hall–Kier alpha value is -0.950. The van der Waals surface area contributed by atoms with E-state index >= 15 is 0 Å². The van der Waals surface area contributed by atoms with Crippen LogP contribution in [0.15, 0.2) is 22.7 Å². The monoisotopic (exact) mass is 328 g/mol. The fraction of sp³-hybridized carbons (Fsp3) is 0.462. The molecule has 5 nitrogen and oxygen atoms in total. The van der Waals surface area contributed by atoms with Gasteiger partial charge in [0.1, 0.15) is 0 Å². The maximum Gasteiger partial charge on any atom is 0.337 e. The topological polar surface area (TPSA) is 50.8 Å². The quantitative estimate of drug-likeness (QED) is 0.850. The van der Waals surface area contributed by atoms with Crippen LogP contribution in [0.3, 0.4) is 0 Å². The first-order valence-corrected chi connectivity index (χ1v) is 6.93. The molecule has 0 aliphatic carbocycles. The van der Waals surface area contributed by atoms with E-state index in [1.165, 1.54) is 7.11 Å². The van der Waals surface area contributed by atoms with Gasteiger partial charge in [0.25, 0.3) is 0 Å². The molecule has 0 aromatic heterocycles. The second-order valence-corrected chi connectivity index (χ2v) is 5.09. The van der Waals surface area contributed by atoms with Crippen LogP contribution in [0.1, 0.15) is 15.9 Å². The highest BCUT2D eigenvalue weighted by Gasteiger charge is 2.11. The molecule has 1 heterocycles. The number of hydrogen-bond acceptors (Lipinski definition) is 5. The van der Waals surface area contributed by atoms with Gasteiger partial charge in [-0.05, 0) is 17.7 Å². The average molecular weight is 329 g/mol. The fourth-order valence-corrected chi connectivity index (χ4v) is 2.37. The van der Waals surface area contributed by atoms with Crippen molar-refractivity contribution in [3.63, 3.8) is 0 Å². The number of ether oxygens (including phenoxy) is 2. The molecule has 0 atom stereocenters. The Balaban J connectivity index is 1.95. The number of nitrogens with one attached hydrogen (secondary N) is 1. The molecule has 1 aromatic rings. The summed E-state index contributed by atoms with van der Waals surface area (Å²) in [7, 11) is 1.38. The molecule has 1 aromatic carbocycles. The molecule has 6 heteroatoms. The highest BCUT2D eigenvalue weighted by Crippen LogP contribution is 2.19. The van der Waals surface area contributed by atoms with E-state index < -0.39 is 0 Å². The number of carbonyl (C=O) groups excluding carboxylic acids is 1. The number of nitrogens with zero attached hydrogens (tertiary/aromatic N) is 1. The molecule has 1 N–H and O–H groups in total. The minimum absolute atomic E-state index is 0.326. The van der Waals surface area contributed by atoms with E-state index in [2.05, 4.69) is 31.1 Å². The zero-order valence-corrected chi connectivity index (χ0v) is 12.4. The SMILES string of the molecule is COC(=O)c1ccc(CNN2CCOCC2)c(Br)c1. The molecule has 0 radical (unpaired) electrons. The molecule has 2 rings (SSSR count). The van der Waals surface area contributed by atoms with Gasteiger partial charge in [-0.1, -0.05) is 22.0 Å². The second kappa shape index (κ2) is 7.00. The molecule has 104 valence electrons. The predicted octanol–water partition coefficient (Wildman–Crippen LogP) is 1.57. The van der Waals surface area contributed by atoms with Crippen molar-refractivity contribution in [1.29, 1.82) is 0 Å². The van der Waals surface area contributed by atoms with Crippen molar-refractivity contribution >= 4 is 21.9 Å². The van der Waals surface area contributed by atoms with Gasteiger partial charge in [0, 0.05) is 24.1 Å². The van der Waals surface area contributed by atoms with Crippen molar-refractivity contribution < 1.29 is 14.3 Å². The van der Waals surface area contributed by atoms with Crippen molar-refractivity contribution in [2.75, 3.05) is 33.4 Å². The zero-order valence-electron chi connectivity index (χ0n) is 10.8. The summed E-state index contributed by atoms with van der Waals surface area (Å²) in [5.74, 6) is -0.326. The minimum atomic E-state index is -0.326. The normalized spacial score (nSPS) is 16.3. The Labute approximate surface area is 121 Å². The van der Waals surface area contributed by atoms with Gasteiger partial charge in [0.2, 0.25) is 0 Å². The van der Waals surface area contributed by atoms with Gasteiger partial charge in [0.05, 0.1) is 25.9 Å². The smallest absolute Gasteiger partial charge is 0.337 e. The first-order valence-electron chi connectivity index (χ1n) is 6.13. The number of carbonyl (C=O) groups is 1. The van der Waals surface area contributed by atoms with Crippen LogP contribution in [-0.2, 0) is 16.0 Å². The zero-order chi connectivity index (χ0) is 13.7. The molecular formula is C13H17BrN2O3. The Morgan fingerprint density at radius 2 is 2.21 bits per heavy atom. The lowest BCUT2D eigenvalue weighted by atomic mass is 10.1.